The summed E-state index contributed by atoms with van der Waals surface area (Å²) < 4.78 is 13.1. The maximum atomic E-state index is 12.8. The molecule has 0 atom stereocenters. The molecule has 0 aliphatic heterocycles. The van der Waals surface area contributed by atoms with E-state index in [0.717, 1.165) is 28.0 Å². The van der Waals surface area contributed by atoms with Crippen molar-refractivity contribution in [2.45, 2.75) is 13.1 Å². The van der Waals surface area contributed by atoms with Crippen molar-refractivity contribution >= 4 is 16.8 Å². The van der Waals surface area contributed by atoms with Gasteiger partial charge in [0.05, 0.1) is 24.9 Å². The molecule has 2 aromatic heterocycles. The molecule has 0 fully saturated rings. The van der Waals surface area contributed by atoms with Gasteiger partial charge in [0.15, 0.2) is 5.69 Å². The number of benzene rings is 3. The monoisotopic (exact) mass is 423 g/mol. The van der Waals surface area contributed by atoms with Crippen molar-refractivity contribution in [2.75, 3.05) is 0 Å². The van der Waals surface area contributed by atoms with Gasteiger partial charge < -0.3 is 14.5 Å². The zero-order valence-corrected chi connectivity index (χ0v) is 17.3. The molecule has 0 bridgehead atoms. The van der Waals surface area contributed by atoms with Gasteiger partial charge in [-0.1, -0.05) is 48.5 Å². The molecule has 3 aromatic carbocycles. The summed E-state index contributed by atoms with van der Waals surface area (Å²) in [6.07, 6.45) is 1.58. The molecule has 1 amide bonds. The van der Waals surface area contributed by atoms with Crippen molar-refractivity contribution in [3.63, 3.8) is 0 Å². The van der Waals surface area contributed by atoms with Crippen LogP contribution in [0.5, 0.6) is 11.5 Å². The molecular formula is C26H21N3O3. The van der Waals surface area contributed by atoms with Gasteiger partial charge in [0.2, 0.25) is 0 Å². The average molecular weight is 423 g/mol. The number of para-hydroxylation sites is 2. The third kappa shape index (κ3) is 4.25. The number of furan rings is 1. The number of hydrogen-bond acceptors (Lipinski definition) is 4. The smallest absolute Gasteiger partial charge is 0.272 e. The van der Waals surface area contributed by atoms with Crippen molar-refractivity contribution in [3.8, 4) is 11.5 Å². The molecule has 2 heterocycles. The van der Waals surface area contributed by atoms with E-state index in [1.54, 1.807) is 12.3 Å². The van der Waals surface area contributed by atoms with Gasteiger partial charge in [-0.25, -0.2) is 0 Å². The summed E-state index contributed by atoms with van der Waals surface area (Å²) in [5, 5.41) is 8.32. The number of ether oxygens (including phenoxy) is 1. The third-order valence-corrected chi connectivity index (χ3v) is 5.09. The van der Waals surface area contributed by atoms with Crippen LogP contribution in [0.3, 0.4) is 0 Å². The van der Waals surface area contributed by atoms with E-state index in [1.807, 2.05) is 89.6 Å². The first-order valence-electron chi connectivity index (χ1n) is 10.3. The van der Waals surface area contributed by atoms with Crippen molar-refractivity contribution in [3.05, 3.63) is 114 Å². The zero-order valence-electron chi connectivity index (χ0n) is 17.3. The van der Waals surface area contributed by atoms with Crippen molar-refractivity contribution in [1.29, 1.82) is 0 Å². The van der Waals surface area contributed by atoms with E-state index in [0.29, 0.717) is 24.5 Å². The lowest BCUT2D eigenvalue weighted by Gasteiger charge is -2.08. The molecule has 6 nitrogen and oxygen atoms in total. The first kappa shape index (κ1) is 19.6. The number of nitrogens with zero attached hydrogens (tertiary/aromatic N) is 2. The molecule has 5 rings (SSSR count). The Morgan fingerprint density at radius 2 is 1.72 bits per heavy atom. The molecule has 0 spiro atoms. The Hall–Kier alpha value is -4.32. The number of fused-ring (bicyclic) bond motifs is 1. The Bertz CT molecular complexity index is 1340. The molecule has 5 aromatic rings. The van der Waals surface area contributed by atoms with Gasteiger partial charge >= 0.3 is 0 Å². The first-order chi connectivity index (χ1) is 15.8. The quantitative estimate of drug-likeness (QED) is 0.381. The van der Waals surface area contributed by atoms with Crippen LogP contribution >= 0.6 is 0 Å². The Morgan fingerprint density at radius 1 is 0.906 bits per heavy atom. The molecule has 32 heavy (non-hydrogen) atoms. The van der Waals surface area contributed by atoms with Crippen LogP contribution in [0, 0.1) is 0 Å². The maximum absolute atomic E-state index is 12.8. The van der Waals surface area contributed by atoms with E-state index in [-0.39, 0.29) is 5.91 Å². The van der Waals surface area contributed by atoms with Crippen LogP contribution < -0.4 is 10.1 Å². The second-order valence-electron chi connectivity index (χ2n) is 7.35. The number of aromatic nitrogens is 2. The normalized spacial score (nSPS) is 10.9. The van der Waals surface area contributed by atoms with Crippen LogP contribution in [0.15, 0.2) is 102 Å². The fourth-order valence-electron chi connectivity index (χ4n) is 3.58. The van der Waals surface area contributed by atoms with E-state index in [1.165, 1.54) is 0 Å². The Balaban J connectivity index is 1.39. The molecule has 1 N–H and O–H groups in total. The topological polar surface area (TPSA) is 69.3 Å². The summed E-state index contributed by atoms with van der Waals surface area (Å²) in [5.74, 6) is 1.99. The lowest BCUT2D eigenvalue weighted by molar-refractivity contribution is 0.0944. The number of carbonyl (C=O) groups excluding carboxylic acids is 1. The summed E-state index contributed by atoms with van der Waals surface area (Å²) in [5.41, 5.74) is 2.31. The predicted molar refractivity (Wildman–Crippen MR) is 122 cm³/mol. The van der Waals surface area contributed by atoms with Crippen molar-refractivity contribution in [2.24, 2.45) is 0 Å². The highest BCUT2D eigenvalue weighted by Crippen LogP contribution is 2.24. The molecular weight excluding hydrogens is 402 g/mol. The fraction of sp³-hybridized carbons (Fsp3) is 0.0769. The van der Waals surface area contributed by atoms with Crippen LogP contribution in [-0.4, -0.2) is 15.7 Å². The van der Waals surface area contributed by atoms with Crippen LogP contribution in [0.4, 0.5) is 0 Å². The standard InChI is InChI=1S/C26H21N3O3/c30-26(27-17-22-12-7-15-31-22)25-23-13-4-5-14-24(23)29(28-25)18-19-8-6-11-21(16-19)32-20-9-2-1-3-10-20/h1-16H,17-18H2,(H,27,30). The Kier molecular flexibility index (Phi) is 5.41. The van der Waals surface area contributed by atoms with Gasteiger partial charge in [0, 0.05) is 5.39 Å². The van der Waals surface area contributed by atoms with E-state index in [9.17, 15) is 4.79 Å². The van der Waals surface area contributed by atoms with E-state index < -0.39 is 0 Å². The number of carbonyl (C=O) groups is 1. The number of amides is 1. The van der Waals surface area contributed by atoms with Gasteiger partial charge in [-0.3, -0.25) is 9.48 Å². The number of nitrogens with one attached hydrogen (secondary N) is 1. The molecule has 0 aliphatic carbocycles. The molecule has 158 valence electrons. The average Bonchev–Trinajstić information content (AvgIpc) is 3.47. The highest BCUT2D eigenvalue weighted by molar-refractivity contribution is 6.04. The summed E-state index contributed by atoms with van der Waals surface area (Å²) in [4.78, 5) is 12.8. The molecule has 0 aliphatic rings. The largest absolute Gasteiger partial charge is 0.467 e. The van der Waals surface area contributed by atoms with Crippen LogP contribution in [0.1, 0.15) is 21.8 Å². The van der Waals surface area contributed by atoms with Gasteiger partial charge in [-0.05, 0) is 48.0 Å². The summed E-state index contributed by atoms with van der Waals surface area (Å²) >= 11 is 0. The Labute approximate surface area is 185 Å². The molecule has 0 saturated heterocycles. The van der Waals surface area contributed by atoms with E-state index in [2.05, 4.69) is 10.4 Å². The molecule has 0 radical (unpaired) electrons. The lowest BCUT2D eigenvalue weighted by Crippen LogP contribution is -2.23. The van der Waals surface area contributed by atoms with Gasteiger partial charge in [0.25, 0.3) is 5.91 Å². The van der Waals surface area contributed by atoms with Crippen molar-refractivity contribution in [1.82, 2.24) is 15.1 Å². The van der Waals surface area contributed by atoms with Crippen LogP contribution in [0.2, 0.25) is 0 Å². The number of hydrogen-bond donors (Lipinski definition) is 1. The van der Waals surface area contributed by atoms with Crippen molar-refractivity contribution < 1.29 is 13.9 Å². The molecule has 0 saturated carbocycles. The summed E-state index contributed by atoms with van der Waals surface area (Å²) in [6, 6.07) is 28.9. The zero-order chi connectivity index (χ0) is 21.8. The molecule has 6 heteroatoms. The minimum Gasteiger partial charge on any atom is -0.467 e. The predicted octanol–water partition coefficient (Wildman–Crippen LogP) is 5.40. The highest BCUT2D eigenvalue weighted by Gasteiger charge is 2.17. The third-order valence-electron chi connectivity index (χ3n) is 5.09. The second-order valence-corrected chi connectivity index (χ2v) is 7.35. The summed E-state index contributed by atoms with van der Waals surface area (Å²) in [7, 11) is 0. The van der Waals surface area contributed by atoms with E-state index >= 15 is 0 Å². The number of rotatable bonds is 7. The first-order valence-corrected chi connectivity index (χ1v) is 10.3. The van der Waals surface area contributed by atoms with Crippen LogP contribution in [-0.2, 0) is 13.1 Å². The fourth-order valence-corrected chi connectivity index (χ4v) is 3.58. The molecule has 0 unspecified atom stereocenters. The lowest BCUT2D eigenvalue weighted by atomic mass is 10.2. The van der Waals surface area contributed by atoms with Crippen LogP contribution in [0.25, 0.3) is 10.9 Å². The second kappa shape index (κ2) is 8.81. The van der Waals surface area contributed by atoms with E-state index in [4.69, 9.17) is 9.15 Å². The minimum absolute atomic E-state index is 0.238. The Morgan fingerprint density at radius 3 is 2.56 bits per heavy atom. The SMILES string of the molecule is O=C(NCc1ccco1)c1nn(Cc2cccc(Oc3ccccc3)c2)c2ccccc12. The summed E-state index contributed by atoms with van der Waals surface area (Å²) in [6.45, 7) is 0.823. The van der Waals surface area contributed by atoms with Gasteiger partial charge in [0.1, 0.15) is 17.3 Å². The highest BCUT2D eigenvalue weighted by atomic mass is 16.5. The van der Waals surface area contributed by atoms with Gasteiger partial charge in [-0.15, -0.1) is 0 Å². The van der Waals surface area contributed by atoms with Gasteiger partial charge in [-0.2, -0.15) is 5.10 Å². The minimum atomic E-state index is -0.238. The maximum Gasteiger partial charge on any atom is 0.272 e.